The van der Waals surface area contributed by atoms with Crippen molar-refractivity contribution in [2.45, 2.75) is 69.8 Å². The van der Waals surface area contributed by atoms with Crippen LogP contribution in [0.1, 0.15) is 68.6 Å². The molecule has 0 saturated heterocycles. The number of hydrogen-bond donors (Lipinski definition) is 1. The molecule has 4 rings (SSSR count). The van der Waals surface area contributed by atoms with Gasteiger partial charge in [0.2, 0.25) is 0 Å². The Morgan fingerprint density at radius 2 is 1.93 bits per heavy atom. The van der Waals surface area contributed by atoms with Crippen molar-refractivity contribution in [1.29, 1.82) is 0 Å². The van der Waals surface area contributed by atoms with E-state index >= 15 is 0 Å². The molecule has 2 aliphatic carbocycles. The third kappa shape index (κ3) is 3.75. The zero-order chi connectivity index (χ0) is 18.8. The summed E-state index contributed by atoms with van der Waals surface area (Å²) in [6.45, 7) is 4.15. The molecule has 2 atom stereocenters. The van der Waals surface area contributed by atoms with Gasteiger partial charge in [-0.2, -0.15) is 0 Å². The first kappa shape index (κ1) is 18.5. The summed E-state index contributed by atoms with van der Waals surface area (Å²) < 4.78 is 5.96. The van der Waals surface area contributed by atoms with E-state index in [0.717, 1.165) is 54.7 Å². The summed E-state index contributed by atoms with van der Waals surface area (Å²) in [4.78, 5) is 27.0. The molecule has 27 heavy (non-hydrogen) atoms. The van der Waals surface area contributed by atoms with Crippen molar-refractivity contribution in [3.05, 3.63) is 45.9 Å². The minimum absolute atomic E-state index is 0.00535. The molecule has 5 heteroatoms. The number of thiophene rings is 1. The standard InChI is InChI=1S/C22H27NO3S/c1-14-19(22(25)26-15-8-4-2-3-5-9-15)21(18-12-7-13-27-18)20-16(23-14)10-6-11-17(20)24/h7,12-13,15,19,21,23H,1-6,8-11H2. The van der Waals surface area contributed by atoms with Gasteiger partial charge in [0, 0.05) is 34.2 Å². The van der Waals surface area contributed by atoms with Crippen LogP contribution in [0.4, 0.5) is 0 Å². The number of esters is 1. The van der Waals surface area contributed by atoms with Crippen LogP contribution < -0.4 is 5.32 Å². The fraction of sp³-hybridized carbons (Fsp3) is 0.545. The van der Waals surface area contributed by atoms with Gasteiger partial charge in [-0.05, 0) is 50.0 Å². The SMILES string of the molecule is C=C1NC2=C(C(=O)CCC2)C(c2cccs2)C1C(=O)OC1CCCCCC1. The van der Waals surface area contributed by atoms with Crippen LogP contribution in [0.15, 0.2) is 41.1 Å². The monoisotopic (exact) mass is 385 g/mol. The Bertz CT molecular complexity index is 757. The highest BCUT2D eigenvalue weighted by Gasteiger charge is 2.44. The van der Waals surface area contributed by atoms with Crippen molar-refractivity contribution in [2.24, 2.45) is 5.92 Å². The van der Waals surface area contributed by atoms with Crippen LogP contribution in [0.2, 0.25) is 0 Å². The third-order valence-corrected chi connectivity index (χ3v) is 6.93. The second-order valence-electron chi connectivity index (χ2n) is 7.84. The van der Waals surface area contributed by atoms with Crippen molar-refractivity contribution in [2.75, 3.05) is 0 Å². The van der Waals surface area contributed by atoms with Crippen LogP contribution in [0.5, 0.6) is 0 Å². The fourth-order valence-electron chi connectivity index (χ4n) is 4.64. The van der Waals surface area contributed by atoms with Gasteiger partial charge in [0.05, 0.1) is 0 Å². The van der Waals surface area contributed by atoms with Gasteiger partial charge in [-0.3, -0.25) is 9.59 Å². The first-order valence-electron chi connectivity index (χ1n) is 10.1. The van der Waals surface area contributed by atoms with Gasteiger partial charge in [0.15, 0.2) is 5.78 Å². The maximum absolute atomic E-state index is 13.2. The number of allylic oxidation sites excluding steroid dienone is 2. The minimum atomic E-state index is -0.535. The number of carbonyl (C=O) groups excluding carboxylic acids is 2. The van der Waals surface area contributed by atoms with Crippen molar-refractivity contribution < 1.29 is 14.3 Å². The van der Waals surface area contributed by atoms with Gasteiger partial charge in [0.1, 0.15) is 12.0 Å². The molecule has 1 fully saturated rings. The summed E-state index contributed by atoms with van der Waals surface area (Å²) in [5.41, 5.74) is 2.40. The molecule has 144 valence electrons. The number of hydrogen-bond acceptors (Lipinski definition) is 5. The molecule has 1 N–H and O–H groups in total. The van der Waals surface area contributed by atoms with Gasteiger partial charge < -0.3 is 10.1 Å². The van der Waals surface area contributed by atoms with Gasteiger partial charge in [0.25, 0.3) is 0 Å². The second-order valence-corrected chi connectivity index (χ2v) is 8.82. The summed E-state index contributed by atoms with van der Waals surface area (Å²) in [5.74, 6) is -0.878. The van der Waals surface area contributed by atoms with E-state index in [4.69, 9.17) is 4.74 Å². The Morgan fingerprint density at radius 3 is 2.63 bits per heavy atom. The van der Waals surface area contributed by atoms with Crippen LogP contribution in [-0.2, 0) is 14.3 Å². The average molecular weight is 386 g/mol. The lowest BCUT2D eigenvalue weighted by molar-refractivity contribution is -0.154. The summed E-state index contributed by atoms with van der Waals surface area (Å²) in [6.07, 6.45) is 8.78. The lowest BCUT2D eigenvalue weighted by Gasteiger charge is -2.38. The zero-order valence-electron chi connectivity index (χ0n) is 15.7. The number of carbonyl (C=O) groups is 2. The molecular formula is C22H27NO3S. The van der Waals surface area contributed by atoms with Crippen molar-refractivity contribution in [1.82, 2.24) is 5.32 Å². The molecule has 3 aliphatic rings. The van der Waals surface area contributed by atoms with Crippen LogP contribution in [0, 0.1) is 5.92 Å². The predicted octanol–water partition coefficient (Wildman–Crippen LogP) is 4.84. The van der Waals surface area contributed by atoms with Crippen molar-refractivity contribution in [3.8, 4) is 0 Å². The van der Waals surface area contributed by atoms with Crippen LogP contribution >= 0.6 is 11.3 Å². The molecule has 0 bridgehead atoms. The summed E-state index contributed by atoms with van der Waals surface area (Å²) >= 11 is 1.60. The van der Waals surface area contributed by atoms with E-state index < -0.39 is 5.92 Å². The topological polar surface area (TPSA) is 55.4 Å². The molecule has 2 unspecified atom stereocenters. The predicted molar refractivity (Wildman–Crippen MR) is 106 cm³/mol. The van der Waals surface area contributed by atoms with Gasteiger partial charge in [-0.1, -0.05) is 25.5 Å². The number of nitrogens with one attached hydrogen (secondary N) is 1. The Hall–Kier alpha value is -1.88. The largest absolute Gasteiger partial charge is 0.462 e. The Morgan fingerprint density at radius 1 is 1.15 bits per heavy atom. The summed E-state index contributed by atoms with van der Waals surface area (Å²) in [5, 5.41) is 5.29. The van der Waals surface area contributed by atoms with E-state index in [1.807, 2.05) is 17.5 Å². The number of rotatable bonds is 3. The summed E-state index contributed by atoms with van der Waals surface area (Å²) in [7, 11) is 0. The van der Waals surface area contributed by atoms with E-state index in [-0.39, 0.29) is 23.8 Å². The highest BCUT2D eigenvalue weighted by Crippen LogP contribution is 2.45. The van der Waals surface area contributed by atoms with Crippen LogP contribution in [0.25, 0.3) is 0 Å². The Kier molecular flexibility index (Phi) is 5.48. The van der Waals surface area contributed by atoms with Crippen molar-refractivity contribution in [3.63, 3.8) is 0 Å². The van der Waals surface area contributed by atoms with Crippen molar-refractivity contribution >= 4 is 23.1 Å². The molecule has 2 heterocycles. The van der Waals surface area contributed by atoms with Crippen LogP contribution in [0.3, 0.4) is 0 Å². The highest BCUT2D eigenvalue weighted by atomic mass is 32.1. The van der Waals surface area contributed by atoms with E-state index in [0.29, 0.717) is 12.1 Å². The lowest BCUT2D eigenvalue weighted by atomic mass is 9.74. The number of ketones is 1. The third-order valence-electron chi connectivity index (χ3n) is 5.98. The number of Topliss-reactive ketones (excluding diaryl/α,β-unsaturated/α-hetero) is 1. The normalized spacial score (nSPS) is 27.0. The van der Waals surface area contributed by atoms with E-state index in [9.17, 15) is 9.59 Å². The van der Waals surface area contributed by atoms with E-state index in [1.165, 1.54) is 12.8 Å². The molecule has 0 radical (unpaired) electrons. The quantitative estimate of drug-likeness (QED) is 0.598. The second kappa shape index (κ2) is 8.01. The molecule has 1 saturated carbocycles. The van der Waals surface area contributed by atoms with Crippen LogP contribution in [-0.4, -0.2) is 17.9 Å². The van der Waals surface area contributed by atoms with Gasteiger partial charge in [-0.25, -0.2) is 0 Å². The maximum Gasteiger partial charge on any atom is 0.316 e. The molecular weight excluding hydrogens is 358 g/mol. The first-order valence-corrected chi connectivity index (χ1v) is 11.0. The molecule has 1 aliphatic heterocycles. The molecule has 1 aromatic heterocycles. The molecule has 0 aromatic carbocycles. The van der Waals surface area contributed by atoms with Gasteiger partial charge >= 0.3 is 5.97 Å². The molecule has 4 nitrogen and oxygen atoms in total. The highest BCUT2D eigenvalue weighted by molar-refractivity contribution is 7.10. The smallest absolute Gasteiger partial charge is 0.316 e. The molecule has 1 aromatic rings. The first-order chi connectivity index (χ1) is 13.1. The maximum atomic E-state index is 13.2. The Balaban J connectivity index is 1.65. The molecule has 0 amide bonds. The average Bonchev–Trinajstić information content (AvgIpc) is 3.06. The number of ether oxygens (including phenoxy) is 1. The lowest BCUT2D eigenvalue weighted by Crippen LogP contribution is -2.41. The van der Waals surface area contributed by atoms with Gasteiger partial charge in [-0.15, -0.1) is 11.3 Å². The summed E-state index contributed by atoms with van der Waals surface area (Å²) in [6, 6.07) is 4.00. The molecule has 0 spiro atoms. The van der Waals surface area contributed by atoms with E-state index in [1.54, 1.807) is 11.3 Å². The van der Waals surface area contributed by atoms with E-state index in [2.05, 4.69) is 11.9 Å². The zero-order valence-corrected chi connectivity index (χ0v) is 16.5. The minimum Gasteiger partial charge on any atom is -0.462 e. The Labute approximate surface area is 164 Å². The fourth-order valence-corrected chi connectivity index (χ4v) is 5.52.